The van der Waals surface area contributed by atoms with Crippen molar-refractivity contribution in [2.75, 3.05) is 0 Å². The molecule has 3 rings (SSSR count). The van der Waals surface area contributed by atoms with Crippen LogP contribution < -0.4 is 0 Å². The van der Waals surface area contributed by atoms with Crippen LogP contribution in [0.1, 0.15) is 49.6 Å². The molecule has 0 N–H and O–H groups in total. The van der Waals surface area contributed by atoms with E-state index in [-0.39, 0.29) is 17.5 Å². The van der Waals surface area contributed by atoms with Gasteiger partial charge in [0.15, 0.2) is 5.76 Å². The van der Waals surface area contributed by atoms with E-state index in [0.717, 1.165) is 31.6 Å². The molecule has 106 valence electrons. The van der Waals surface area contributed by atoms with Gasteiger partial charge < -0.3 is 4.42 Å². The zero-order valence-corrected chi connectivity index (χ0v) is 11.7. The zero-order valence-electron chi connectivity index (χ0n) is 11.7. The lowest BCUT2D eigenvalue weighted by molar-refractivity contribution is 0.0844. The third kappa shape index (κ3) is 2.49. The highest BCUT2D eigenvalue weighted by Crippen LogP contribution is 2.33. The van der Waals surface area contributed by atoms with Gasteiger partial charge in [0.2, 0.25) is 5.78 Å². The summed E-state index contributed by atoms with van der Waals surface area (Å²) in [5, 5.41) is 0.663. The van der Waals surface area contributed by atoms with Gasteiger partial charge in [-0.1, -0.05) is 13.3 Å². The van der Waals surface area contributed by atoms with Gasteiger partial charge in [-0.15, -0.1) is 0 Å². The van der Waals surface area contributed by atoms with Crippen LogP contribution in [0.4, 0.5) is 4.39 Å². The molecule has 1 aliphatic rings. The summed E-state index contributed by atoms with van der Waals surface area (Å²) in [5.74, 6) is 0.995. The van der Waals surface area contributed by atoms with Crippen molar-refractivity contribution in [3.8, 4) is 0 Å². The number of halogens is 1. The quantitative estimate of drug-likeness (QED) is 0.739. The number of Topliss-reactive ketones (excluding diaryl/α,β-unsaturated/α-hetero) is 1. The SMILES string of the molecule is CCC1CCC(C(=O)c2cc3cc(F)ccc3o2)CC1. The fourth-order valence-electron chi connectivity index (χ4n) is 3.17. The Balaban J connectivity index is 1.79. The van der Waals surface area contributed by atoms with Crippen LogP contribution >= 0.6 is 0 Å². The lowest BCUT2D eigenvalue weighted by Crippen LogP contribution is -2.21. The Labute approximate surface area is 118 Å². The Morgan fingerprint density at radius 1 is 1.25 bits per heavy atom. The number of fused-ring (bicyclic) bond motifs is 1. The van der Waals surface area contributed by atoms with Gasteiger partial charge in [-0.05, 0) is 55.9 Å². The molecule has 1 aliphatic carbocycles. The Kier molecular flexibility index (Phi) is 3.60. The first kappa shape index (κ1) is 13.3. The summed E-state index contributed by atoms with van der Waals surface area (Å²) in [5.41, 5.74) is 0.581. The van der Waals surface area contributed by atoms with E-state index in [4.69, 9.17) is 4.42 Å². The Hall–Kier alpha value is -1.64. The van der Waals surface area contributed by atoms with E-state index in [1.165, 1.54) is 18.6 Å². The van der Waals surface area contributed by atoms with Crippen molar-refractivity contribution < 1.29 is 13.6 Å². The lowest BCUT2D eigenvalue weighted by Gasteiger charge is -2.26. The van der Waals surface area contributed by atoms with Crippen molar-refractivity contribution >= 4 is 16.8 Å². The van der Waals surface area contributed by atoms with Crippen molar-refractivity contribution in [1.82, 2.24) is 0 Å². The van der Waals surface area contributed by atoms with Crippen LogP contribution in [-0.2, 0) is 0 Å². The van der Waals surface area contributed by atoms with Crippen LogP contribution in [0.15, 0.2) is 28.7 Å². The van der Waals surface area contributed by atoms with Crippen molar-refractivity contribution in [2.24, 2.45) is 11.8 Å². The average Bonchev–Trinajstić information content (AvgIpc) is 2.89. The first-order valence-electron chi connectivity index (χ1n) is 7.40. The van der Waals surface area contributed by atoms with Gasteiger partial charge in [-0.25, -0.2) is 4.39 Å². The average molecular weight is 274 g/mol. The van der Waals surface area contributed by atoms with E-state index < -0.39 is 0 Å². The van der Waals surface area contributed by atoms with Crippen molar-refractivity contribution in [3.63, 3.8) is 0 Å². The maximum Gasteiger partial charge on any atom is 0.201 e. The smallest absolute Gasteiger partial charge is 0.201 e. The van der Waals surface area contributed by atoms with E-state index in [2.05, 4.69) is 6.92 Å². The Bertz CT molecular complexity index is 621. The molecule has 0 spiro atoms. The van der Waals surface area contributed by atoms with Crippen LogP contribution in [0.2, 0.25) is 0 Å². The molecule has 1 heterocycles. The summed E-state index contributed by atoms with van der Waals surface area (Å²) in [4.78, 5) is 12.5. The highest BCUT2D eigenvalue weighted by Gasteiger charge is 2.28. The summed E-state index contributed by atoms with van der Waals surface area (Å²) in [6.07, 6.45) is 5.35. The molecule has 0 unspecified atom stereocenters. The number of furan rings is 1. The molecule has 0 radical (unpaired) electrons. The van der Waals surface area contributed by atoms with E-state index >= 15 is 0 Å². The van der Waals surface area contributed by atoms with Crippen LogP contribution in [0, 0.1) is 17.7 Å². The van der Waals surface area contributed by atoms with Gasteiger partial charge in [0.1, 0.15) is 11.4 Å². The molecular weight excluding hydrogens is 255 g/mol. The van der Waals surface area contributed by atoms with Gasteiger partial charge >= 0.3 is 0 Å². The molecule has 1 aromatic carbocycles. The fraction of sp³-hybridized carbons (Fsp3) is 0.471. The molecule has 1 aromatic heterocycles. The summed E-state index contributed by atoms with van der Waals surface area (Å²) < 4.78 is 18.7. The third-order valence-corrected chi connectivity index (χ3v) is 4.52. The number of ketones is 1. The molecule has 3 heteroatoms. The van der Waals surface area contributed by atoms with E-state index in [9.17, 15) is 9.18 Å². The van der Waals surface area contributed by atoms with Crippen molar-refractivity contribution in [2.45, 2.75) is 39.0 Å². The van der Waals surface area contributed by atoms with Crippen LogP contribution in [0.25, 0.3) is 11.0 Å². The van der Waals surface area contributed by atoms with Crippen molar-refractivity contribution in [3.05, 3.63) is 35.8 Å². The second-order valence-corrected chi connectivity index (χ2v) is 5.78. The Morgan fingerprint density at radius 3 is 2.70 bits per heavy atom. The number of rotatable bonds is 3. The summed E-state index contributed by atoms with van der Waals surface area (Å²) >= 11 is 0. The predicted molar refractivity (Wildman–Crippen MR) is 76.2 cm³/mol. The summed E-state index contributed by atoms with van der Waals surface area (Å²) in [6.45, 7) is 2.21. The first-order chi connectivity index (χ1) is 9.67. The van der Waals surface area contributed by atoms with Gasteiger partial charge in [0.25, 0.3) is 0 Å². The topological polar surface area (TPSA) is 30.2 Å². The van der Waals surface area contributed by atoms with Crippen LogP contribution in [0.3, 0.4) is 0 Å². The second-order valence-electron chi connectivity index (χ2n) is 5.78. The van der Waals surface area contributed by atoms with Gasteiger partial charge in [-0.2, -0.15) is 0 Å². The molecule has 20 heavy (non-hydrogen) atoms. The minimum absolute atomic E-state index is 0.0724. The molecular formula is C17H19FO2. The number of carbonyl (C=O) groups is 1. The maximum absolute atomic E-state index is 13.2. The van der Waals surface area contributed by atoms with Gasteiger partial charge in [0.05, 0.1) is 0 Å². The molecule has 2 aromatic rings. The molecule has 1 saturated carbocycles. The summed E-state index contributed by atoms with van der Waals surface area (Å²) in [7, 11) is 0. The summed E-state index contributed by atoms with van der Waals surface area (Å²) in [6, 6.07) is 6.01. The van der Waals surface area contributed by atoms with E-state index in [1.54, 1.807) is 12.1 Å². The standard InChI is InChI=1S/C17H19FO2/c1-2-11-3-5-12(6-4-11)17(19)16-10-13-9-14(18)7-8-15(13)20-16/h7-12H,2-6H2,1H3. The lowest BCUT2D eigenvalue weighted by atomic mass is 9.78. The molecule has 0 atom stereocenters. The van der Waals surface area contributed by atoms with E-state index in [1.807, 2.05) is 0 Å². The number of hydrogen-bond acceptors (Lipinski definition) is 2. The number of carbonyl (C=O) groups excluding carboxylic acids is 1. The second kappa shape index (κ2) is 5.39. The maximum atomic E-state index is 13.2. The Morgan fingerprint density at radius 2 is 2.00 bits per heavy atom. The van der Waals surface area contributed by atoms with Crippen LogP contribution in [0.5, 0.6) is 0 Å². The highest BCUT2D eigenvalue weighted by atomic mass is 19.1. The predicted octanol–water partition coefficient (Wildman–Crippen LogP) is 4.97. The molecule has 2 nitrogen and oxygen atoms in total. The van der Waals surface area contributed by atoms with Gasteiger partial charge in [-0.3, -0.25) is 4.79 Å². The fourth-order valence-corrected chi connectivity index (χ4v) is 3.17. The van der Waals surface area contributed by atoms with Crippen LogP contribution in [-0.4, -0.2) is 5.78 Å². The monoisotopic (exact) mass is 274 g/mol. The number of hydrogen-bond donors (Lipinski definition) is 0. The minimum atomic E-state index is -0.305. The minimum Gasteiger partial charge on any atom is -0.453 e. The molecule has 0 bridgehead atoms. The third-order valence-electron chi connectivity index (χ3n) is 4.52. The molecule has 0 aliphatic heterocycles. The van der Waals surface area contributed by atoms with E-state index in [0.29, 0.717) is 16.7 Å². The van der Waals surface area contributed by atoms with Crippen molar-refractivity contribution in [1.29, 1.82) is 0 Å². The molecule has 0 saturated heterocycles. The van der Waals surface area contributed by atoms with Gasteiger partial charge in [0, 0.05) is 11.3 Å². The normalized spacial score (nSPS) is 23.1. The number of benzene rings is 1. The zero-order chi connectivity index (χ0) is 14.1. The largest absolute Gasteiger partial charge is 0.453 e. The molecule has 1 fully saturated rings. The highest BCUT2D eigenvalue weighted by molar-refractivity contribution is 5.99. The molecule has 0 amide bonds. The first-order valence-corrected chi connectivity index (χ1v) is 7.40.